The molecule has 2 aromatic heterocycles. The van der Waals surface area contributed by atoms with Gasteiger partial charge in [0.05, 0.1) is 13.2 Å². The zero-order valence-electron chi connectivity index (χ0n) is 17.4. The van der Waals surface area contributed by atoms with E-state index in [0.717, 1.165) is 76.4 Å². The molecule has 0 saturated carbocycles. The number of ether oxygens (including phenoxy) is 2. The molecule has 0 radical (unpaired) electrons. The van der Waals surface area contributed by atoms with Crippen molar-refractivity contribution in [2.24, 2.45) is 18.0 Å². The van der Waals surface area contributed by atoms with E-state index < -0.39 is 0 Å². The van der Waals surface area contributed by atoms with Crippen LogP contribution in [-0.2, 0) is 29.5 Å². The average molecular weight is 421 g/mol. The second-order valence-corrected chi connectivity index (χ2v) is 8.26. The third kappa shape index (κ3) is 7.41. The van der Waals surface area contributed by atoms with E-state index in [1.807, 2.05) is 18.5 Å². The summed E-state index contributed by atoms with van der Waals surface area (Å²) >= 11 is 1.78. The Hall–Kier alpha value is -1.97. The maximum absolute atomic E-state index is 5.78. The van der Waals surface area contributed by atoms with Crippen LogP contribution in [0, 0.1) is 12.8 Å². The lowest BCUT2D eigenvalue weighted by Crippen LogP contribution is -2.39. The molecule has 0 amide bonds. The first-order chi connectivity index (χ1) is 14.2. The van der Waals surface area contributed by atoms with Crippen molar-refractivity contribution in [3.8, 4) is 0 Å². The smallest absolute Gasteiger partial charge is 0.191 e. The van der Waals surface area contributed by atoms with E-state index in [2.05, 4.69) is 43.3 Å². The molecule has 3 heterocycles. The van der Waals surface area contributed by atoms with Gasteiger partial charge in [-0.3, -0.25) is 0 Å². The average Bonchev–Trinajstić information content (AvgIpc) is 3.48. The molecular formula is C20H32N6O2S. The Morgan fingerprint density at radius 1 is 1.38 bits per heavy atom. The number of hydrogen-bond acceptors (Lipinski definition) is 6. The van der Waals surface area contributed by atoms with Crippen molar-refractivity contribution >= 4 is 17.3 Å². The van der Waals surface area contributed by atoms with Crippen molar-refractivity contribution in [2.45, 2.75) is 32.7 Å². The molecule has 8 nitrogen and oxygen atoms in total. The number of aryl methyl sites for hydroxylation is 1. The normalized spacial score (nSPS) is 17.0. The molecule has 2 N–H and O–H groups in total. The van der Waals surface area contributed by atoms with Gasteiger partial charge in [0.2, 0.25) is 0 Å². The minimum atomic E-state index is 0.490. The summed E-state index contributed by atoms with van der Waals surface area (Å²) in [4.78, 5) is 6.05. The molecule has 1 atom stereocenters. The Morgan fingerprint density at radius 2 is 2.28 bits per heavy atom. The first-order valence-electron chi connectivity index (χ1n) is 10.3. The van der Waals surface area contributed by atoms with Gasteiger partial charge in [0.15, 0.2) is 11.8 Å². The maximum atomic E-state index is 5.78. The van der Waals surface area contributed by atoms with Gasteiger partial charge in [0.1, 0.15) is 12.4 Å². The molecule has 1 aliphatic rings. The number of nitrogens with zero attached hydrogens (tertiary/aromatic N) is 4. The Bertz CT molecular complexity index is 740. The fourth-order valence-corrected chi connectivity index (χ4v) is 3.73. The van der Waals surface area contributed by atoms with E-state index in [9.17, 15) is 0 Å². The van der Waals surface area contributed by atoms with Crippen LogP contribution >= 0.6 is 11.3 Å². The third-order valence-corrected chi connectivity index (χ3v) is 5.88. The Balaban J connectivity index is 1.41. The summed E-state index contributed by atoms with van der Waals surface area (Å²) in [5.74, 6) is 3.10. The van der Waals surface area contributed by atoms with Gasteiger partial charge in [0.25, 0.3) is 0 Å². The van der Waals surface area contributed by atoms with E-state index in [1.54, 1.807) is 11.3 Å². The molecule has 9 heteroatoms. The van der Waals surface area contributed by atoms with E-state index in [-0.39, 0.29) is 0 Å². The molecular weight excluding hydrogens is 388 g/mol. The molecule has 29 heavy (non-hydrogen) atoms. The van der Waals surface area contributed by atoms with Crippen LogP contribution in [0.25, 0.3) is 0 Å². The first kappa shape index (κ1) is 21.7. The quantitative estimate of drug-likeness (QED) is 0.328. The summed E-state index contributed by atoms with van der Waals surface area (Å²) in [6, 6.07) is 4.24. The van der Waals surface area contributed by atoms with Crippen molar-refractivity contribution in [1.29, 1.82) is 0 Å². The number of hydrogen-bond donors (Lipinski definition) is 2. The molecule has 0 aromatic carbocycles. The summed E-state index contributed by atoms with van der Waals surface area (Å²) in [5.41, 5.74) is 0. The summed E-state index contributed by atoms with van der Waals surface area (Å²) < 4.78 is 13.1. The zero-order valence-corrected chi connectivity index (χ0v) is 18.2. The van der Waals surface area contributed by atoms with Gasteiger partial charge in [0, 0.05) is 44.1 Å². The van der Waals surface area contributed by atoms with Crippen LogP contribution in [0.1, 0.15) is 29.4 Å². The minimum absolute atomic E-state index is 0.490. The highest BCUT2D eigenvalue weighted by Gasteiger charge is 2.15. The van der Waals surface area contributed by atoms with Crippen LogP contribution in [0.3, 0.4) is 0 Å². The van der Waals surface area contributed by atoms with Crippen LogP contribution in [0.4, 0.5) is 0 Å². The lowest BCUT2D eigenvalue weighted by molar-refractivity contribution is 0.0888. The molecule has 0 aliphatic carbocycles. The fraction of sp³-hybridized carbons (Fsp3) is 0.650. The van der Waals surface area contributed by atoms with Gasteiger partial charge in [-0.1, -0.05) is 6.07 Å². The van der Waals surface area contributed by atoms with Gasteiger partial charge in [-0.15, -0.1) is 21.5 Å². The first-order valence-corrected chi connectivity index (χ1v) is 11.1. The monoisotopic (exact) mass is 420 g/mol. The molecule has 1 fully saturated rings. The minimum Gasteiger partial charge on any atom is -0.381 e. The number of aliphatic imine (C=N–C) groups is 1. The van der Waals surface area contributed by atoms with Gasteiger partial charge >= 0.3 is 0 Å². The highest BCUT2D eigenvalue weighted by atomic mass is 32.1. The van der Waals surface area contributed by atoms with Gasteiger partial charge < -0.3 is 24.7 Å². The summed E-state index contributed by atoms with van der Waals surface area (Å²) in [5, 5.41) is 17.2. The Morgan fingerprint density at radius 3 is 3.00 bits per heavy atom. The second-order valence-electron chi connectivity index (χ2n) is 7.23. The SMILES string of the molecule is Cc1nnc(CN=C(NCCCOCC2CCOC2)NCCc2cccs2)n1C. The molecule has 0 bridgehead atoms. The number of aromatic nitrogens is 3. The summed E-state index contributed by atoms with van der Waals surface area (Å²) in [7, 11) is 1.96. The molecule has 1 aliphatic heterocycles. The Kier molecular flexibility index (Phi) is 8.91. The molecule has 1 saturated heterocycles. The number of guanidine groups is 1. The van der Waals surface area contributed by atoms with E-state index in [0.29, 0.717) is 12.5 Å². The van der Waals surface area contributed by atoms with E-state index in [4.69, 9.17) is 9.47 Å². The fourth-order valence-electron chi connectivity index (χ4n) is 3.02. The van der Waals surface area contributed by atoms with E-state index in [1.165, 1.54) is 4.88 Å². The lowest BCUT2D eigenvalue weighted by Gasteiger charge is -2.13. The predicted octanol–water partition coefficient (Wildman–Crippen LogP) is 1.91. The highest BCUT2D eigenvalue weighted by molar-refractivity contribution is 7.09. The van der Waals surface area contributed by atoms with Gasteiger partial charge in [-0.2, -0.15) is 0 Å². The van der Waals surface area contributed by atoms with Crippen LogP contribution in [0.5, 0.6) is 0 Å². The molecule has 160 valence electrons. The zero-order chi connectivity index (χ0) is 20.3. The van der Waals surface area contributed by atoms with Crippen molar-refractivity contribution in [1.82, 2.24) is 25.4 Å². The molecule has 0 spiro atoms. The second kappa shape index (κ2) is 11.9. The predicted molar refractivity (Wildman–Crippen MR) is 115 cm³/mol. The van der Waals surface area contributed by atoms with E-state index >= 15 is 0 Å². The van der Waals surface area contributed by atoms with Crippen LogP contribution in [0.15, 0.2) is 22.5 Å². The van der Waals surface area contributed by atoms with Crippen molar-refractivity contribution in [3.63, 3.8) is 0 Å². The van der Waals surface area contributed by atoms with Crippen LogP contribution in [0.2, 0.25) is 0 Å². The topological polar surface area (TPSA) is 85.6 Å². The Labute approximate surface area is 176 Å². The van der Waals surface area contributed by atoms with Crippen molar-refractivity contribution in [2.75, 3.05) is 39.5 Å². The highest BCUT2D eigenvalue weighted by Crippen LogP contribution is 2.12. The van der Waals surface area contributed by atoms with Gasteiger partial charge in [-0.05, 0) is 37.6 Å². The van der Waals surface area contributed by atoms with Crippen molar-refractivity contribution in [3.05, 3.63) is 34.0 Å². The largest absolute Gasteiger partial charge is 0.381 e. The van der Waals surface area contributed by atoms with Crippen LogP contribution < -0.4 is 10.6 Å². The third-order valence-electron chi connectivity index (χ3n) is 4.94. The summed E-state index contributed by atoms with van der Waals surface area (Å²) in [6.07, 6.45) is 3.03. The maximum Gasteiger partial charge on any atom is 0.191 e. The number of rotatable bonds is 11. The lowest BCUT2D eigenvalue weighted by atomic mass is 10.1. The van der Waals surface area contributed by atoms with Crippen LogP contribution in [-0.4, -0.2) is 60.2 Å². The number of thiophene rings is 1. The standard InChI is InChI=1S/C20H32N6O2S/c1-16-24-25-19(26(16)2)13-23-20(22-9-6-18-5-3-12-29-18)21-8-4-10-27-14-17-7-11-28-15-17/h3,5,12,17H,4,6-11,13-15H2,1-2H3,(H2,21,22,23). The molecule has 2 aromatic rings. The molecule has 3 rings (SSSR count). The number of nitrogens with one attached hydrogen (secondary N) is 2. The summed E-state index contributed by atoms with van der Waals surface area (Å²) in [6.45, 7) is 7.33. The van der Waals surface area contributed by atoms with Crippen molar-refractivity contribution < 1.29 is 9.47 Å². The molecule has 1 unspecified atom stereocenters. The van der Waals surface area contributed by atoms with Gasteiger partial charge in [-0.25, -0.2) is 4.99 Å².